The van der Waals surface area contributed by atoms with Gasteiger partial charge in [-0.2, -0.15) is 0 Å². The normalized spacial score (nSPS) is 33.9. The molecule has 2 heterocycles. The molecule has 2 fully saturated rings. The zero-order chi connectivity index (χ0) is 19.7. The van der Waals surface area contributed by atoms with E-state index in [0.29, 0.717) is 18.8 Å². The lowest BCUT2D eigenvalue weighted by molar-refractivity contribution is -0.140. The SMILES string of the molecule is C=C1C(=O)O[C@H]2[C@H]1CC/C(COCc1ccc(OC)cc1)=C\CC[C@@]1(C)O[C@@H]21. The number of rotatable bonds is 5. The van der Waals surface area contributed by atoms with Crippen LogP contribution in [-0.2, 0) is 25.6 Å². The van der Waals surface area contributed by atoms with Crippen LogP contribution in [0.25, 0.3) is 0 Å². The standard InChI is InChI=1S/C23H28O5/c1-15-19-11-8-16(13-26-14-17-6-9-18(25-3)10-7-17)5-4-12-23(2)21(28-23)20(19)27-22(15)24/h5-7,9-10,19-21H,1,4,8,11-14H2,2-3H3/b16-5+/t19-,20-,21-,23+/m0/s1. The maximum atomic E-state index is 12.0. The third-order valence-corrected chi connectivity index (χ3v) is 6.15. The van der Waals surface area contributed by atoms with Crippen LogP contribution in [0.4, 0.5) is 0 Å². The molecular formula is C23H28O5. The van der Waals surface area contributed by atoms with Crippen LogP contribution >= 0.6 is 0 Å². The summed E-state index contributed by atoms with van der Waals surface area (Å²) >= 11 is 0. The maximum absolute atomic E-state index is 12.0. The number of allylic oxidation sites excluding steroid dienone is 1. The van der Waals surface area contributed by atoms with E-state index in [1.54, 1.807) is 7.11 Å². The molecule has 28 heavy (non-hydrogen) atoms. The van der Waals surface area contributed by atoms with Crippen LogP contribution < -0.4 is 4.74 Å². The van der Waals surface area contributed by atoms with Gasteiger partial charge in [0.2, 0.25) is 0 Å². The second-order valence-electron chi connectivity index (χ2n) is 8.13. The Kier molecular flexibility index (Phi) is 5.30. The van der Waals surface area contributed by atoms with E-state index in [9.17, 15) is 4.79 Å². The Hall–Kier alpha value is -2.11. The molecule has 0 unspecified atom stereocenters. The van der Waals surface area contributed by atoms with E-state index in [0.717, 1.165) is 37.0 Å². The zero-order valence-electron chi connectivity index (χ0n) is 16.6. The van der Waals surface area contributed by atoms with Crippen molar-refractivity contribution in [3.05, 3.63) is 53.6 Å². The minimum atomic E-state index is -0.270. The number of hydrogen-bond acceptors (Lipinski definition) is 5. The molecule has 0 N–H and O–H groups in total. The van der Waals surface area contributed by atoms with Gasteiger partial charge in [-0.15, -0.1) is 0 Å². The average Bonchev–Trinajstić information content (AvgIpc) is 3.28. The number of esters is 1. The summed E-state index contributed by atoms with van der Waals surface area (Å²) in [5.41, 5.74) is 2.77. The Labute approximate surface area is 166 Å². The van der Waals surface area contributed by atoms with E-state index in [2.05, 4.69) is 19.6 Å². The molecule has 4 atom stereocenters. The largest absolute Gasteiger partial charge is 0.497 e. The molecule has 1 aliphatic carbocycles. The number of epoxide rings is 1. The van der Waals surface area contributed by atoms with E-state index in [1.165, 1.54) is 5.57 Å². The highest BCUT2D eigenvalue weighted by Crippen LogP contribution is 2.49. The van der Waals surface area contributed by atoms with Crippen LogP contribution in [0.2, 0.25) is 0 Å². The predicted octanol–water partition coefficient (Wildman–Crippen LogP) is 3.97. The van der Waals surface area contributed by atoms with Crippen LogP contribution in [0.1, 0.15) is 38.2 Å². The number of ether oxygens (including phenoxy) is 4. The summed E-state index contributed by atoms with van der Waals surface area (Å²) in [6.45, 7) is 7.23. The first kappa shape index (κ1) is 19.2. The molecule has 0 amide bonds. The van der Waals surface area contributed by atoms with Gasteiger partial charge in [0.15, 0.2) is 0 Å². The summed E-state index contributed by atoms with van der Waals surface area (Å²) < 4.78 is 22.7. The molecule has 5 nitrogen and oxygen atoms in total. The first-order chi connectivity index (χ1) is 13.5. The summed E-state index contributed by atoms with van der Waals surface area (Å²) in [6.07, 6.45) is 5.67. The second kappa shape index (κ2) is 7.72. The highest BCUT2D eigenvalue weighted by atomic mass is 16.6. The van der Waals surface area contributed by atoms with Gasteiger partial charge < -0.3 is 18.9 Å². The number of fused-ring (bicyclic) bond motifs is 3. The minimum absolute atomic E-state index is 0.00183. The lowest BCUT2D eigenvalue weighted by Crippen LogP contribution is -2.29. The van der Waals surface area contributed by atoms with Crippen LogP contribution in [0.15, 0.2) is 48.1 Å². The molecule has 1 aromatic rings. The van der Waals surface area contributed by atoms with Crippen LogP contribution in [-0.4, -0.2) is 37.5 Å². The average molecular weight is 384 g/mol. The molecule has 4 rings (SSSR count). The van der Waals surface area contributed by atoms with Gasteiger partial charge in [-0.25, -0.2) is 4.79 Å². The molecule has 0 spiro atoms. The summed E-state index contributed by atoms with van der Waals surface area (Å²) in [5.74, 6) is 0.604. The van der Waals surface area contributed by atoms with Crippen LogP contribution in [0, 0.1) is 5.92 Å². The van der Waals surface area contributed by atoms with Gasteiger partial charge in [0.25, 0.3) is 0 Å². The number of benzene rings is 1. The predicted molar refractivity (Wildman–Crippen MR) is 105 cm³/mol. The molecule has 0 radical (unpaired) electrons. The van der Waals surface area contributed by atoms with Gasteiger partial charge in [0.1, 0.15) is 18.0 Å². The Morgan fingerprint density at radius 2 is 2.04 bits per heavy atom. The lowest BCUT2D eigenvalue weighted by Gasteiger charge is -2.20. The quantitative estimate of drug-likeness (QED) is 0.333. The van der Waals surface area contributed by atoms with Gasteiger partial charge in [-0.1, -0.05) is 24.8 Å². The smallest absolute Gasteiger partial charge is 0.334 e. The third-order valence-electron chi connectivity index (χ3n) is 6.15. The summed E-state index contributed by atoms with van der Waals surface area (Å²) in [7, 11) is 1.66. The Balaban J connectivity index is 1.38. The van der Waals surface area contributed by atoms with Gasteiger partial charge in [0.05, 0.1) is 25.9 Å². The minimum Gasteiger partial charge on any atom is -0.497 e. The highest BCUT2D eigenvalue weighted by Gasteiger charge is 2.61. The molecular weight excluding hydrogens is 356 g/mol. The second-order valence-corrected chi connectivity index (χ2v) is 8.13. The Morgan fingerprint density at radius 3 is 2.79 bits per heavy atom. The van der Waals surface area contributed by atoms with Gasteiger partial charge in [-0.3, -0.25) is 0 Å². The maximum Gasteiger partial charge on any atom is 0.334 e. The highest BCUT2D eigenvalue weighted by molar-refractivity contribution is 5.91. The zero-order valence-corrected chi connectivity index (χ0v) is 16.6. The Morgan fingerprint density at radius 1 is 1.25 bits per heavy atom. The molecule has 0 saturated carbocycles. The fourth-order valence-electron chi connectivity index (χ4n) is 4.27. The first-order valence-electron chi connectivity index (χ1n) is 9.96. The molecule has 2 aliphatic heterocycles. The number of carbonyl (C=O) groups excluding carboxylic acids is 1. The number of carbonyl (C=O) groups is 1. The molecule has 3 aliphatic rings. The van der Waals surface area contributed by atoms with E-state index < -0.39 is 0 Å². The molecule has 2 saturated heterocycles. The lowest BCUT2D eigenvalue weighted by atomic mass is 9.84. The van der Waals surface area contributed by atoms with E-state index in [1.807, 2.05) is 24.3 Å². The Bertz CT molecular complexity index is 781. The van der Waals surface area contributed by atoms with Crippen molar-refractivity contribution >= 4 is 5.97 Å². The van der Waals surface area contributed by atoms with Gasteiger partial charge in [-0.05, 0) is 55.9 Å². The van der Waals surface area contributed by atoms with Crippen molar-refractivity contribution in [1.29, 1.82) is 0 Å². The fourth-order valence-corrected chi connectivity index (χ4v) is 4.27. The van der Waals surface area contributed by atoms with E-state index >= 15 is 0 Å². The third kappa shape index (κ3) is 3.87. The number of methoxy groups -OCH3 is 1. The monoisotopic (exact) mass is 384 g/mol. The van der Waals surface area contributed by atoms with Crippen molar-refractivity contribution in [2.24, 2.45) is 5.92 Å². The fraction of sp³-hybridized carbons (Fsp3) is 0.522. The topological polar surface area (TPSA) is 57.3 Å². The van der Waals surface area contributed by atoms with Crippen molar-refractivity contribution in [1.82, 2.24) is 0 Å². The van der Waals surface area contributed by atoms with Gasteiger partial charge in [0, 0.05) is 11.5 Å². The van der Waals surface area contributed by atoms with Crippen molar-refractivity contribution in [3.8, 4) is 5.75 Å². The van der Waals surface area contributed by atoms with Crippen LogP contribution in [0.3, 0.4) is 0 Å². The summed E-state index contributed by atoms with van der Waals surface area (Å²) in [5, 5.41) is 0. The molecule has 5 heteroatoms. The summed E-state index contributed by atoms with van der Waals surface area (Å²) in [6, 6.07) is 7.91. The van der Waals surface area contributed by atoms with Crippen molar-refractivity contribution in [3.63, 3.8) is 0 Å². The van der Waals surface area contributed by atoms with Gasteiger partial charge >= 0.3 is 5.97 Å². The number of hydrogen-bond donors (Lipinski definition) is 0. The summed E-state index contributed by atoms with van der Waals surface area (Å²) in [4.78, 5) is 12.0. The molecule has 1 aromatic carbocycles. The molecule has 0 bridgehead atoms. The molecule has 150 valence electrons. The molecule has 0 aromatic heterocycles. The van der Waals surface area contributed by atoms with Crippen molar-refractivity contribution in [2.45, 2.75) is 57.0 Å². The van der Waals surface area contributed by atoms with E-state index in [-0.39, 0.29) is 29.7 Å². The van der Waals surface area contributed by atoms with Crippen molar-refractivity contribution in [2.75, 3.05) is 13.7 Å². The van der Waals surface area contributed by atoms with E-state index in [4.69, 9.17) is 18.9 Å². The first-order valence-corrected chi connectivity index (χ1v) is 9.96. The van der Waals surface area contributed by atoms with Crippen molar-refractivity contribution < 1.29 is 23.7 Å². The van der Waals surface area contributed by atoms with Crippen LogP contribution in [0.5, 0.6) is 5.75 Å².